The van der Waals surface area contributed by atoms with Gasteiger partial charge < -0.3 is 9.30 Å². The van der Waals surface area contributed by atoms with E-state index in [-0.39, 0.29) is 16.6 Å². The van der Waals surface area contributed by atoms with Gasteiger partial charge in [0.15, 0.2) is 0 Å². The summed E-state index contributed by atoms with van der Waals surface area (Å²) < 4.78 is 7.08. The van der Waals surface area contributed by atoms with Crippen molar-refractivity contribution in [1.29, 1.82) is 0 Å². The molecular formula is C28H40Cl2N2O3. The van der Waals surface area contributed by atoms with Crippen molar-refractivity contribution in [3.05, 3.63) is 67.6 Å². The molecule has 0 atom stereocenters. The van der Waals surface area contributed by atoms with Crippen LogP contribution in [0.5, 0.6) is 0 Å². The Morgan fingerprint density at radius 3 is 2.14 bits per heavy atom. The maximum absolute atomic E-state index is 12.7. The number of halogens is 2. The number of carbonyl (C=O) groups excluding carboxylic acids is 1. The highest BCUT2D eigenvalue weighted by atomic mass is 35.5. The summed E-state index contributed by atoms with van der Waals surface area (Å²) in [5.74, 6) is 0.537. The van der Waals surface area contributed by atoms with Gasteiger partial charge in [-0.25, -0.2) is 4.79 Å². The molecule has 0 amide bonds. The molecule has 1 saturated heterocycles. The summed E-state index contributed by atoms with van der Waals surface area (Å²) >= 11 is 12.6. The summed E-state index contributed by atoms with van der Waals surface area (Å²) in [5.41, 5.74) is 1.57. The van der Waals surface area contributed by atoms with Crippen LogP contribution in [0.25, 0.3) is 0 Å². The summed E-state index contributed by atoms with van der Waals surface area (Å²) in [6.07, 6.45) is 4.26. The van der Waals surface area contributed by atoms with Crippen molar-refractivity contribution in [2.45, 2.75) is 85.9 Å². The molecule has 0 N–H and O–H groups in total. The monoisotopic (exact) mass is 522 g/mol. The lowest BCUT2D eigenvalue weighted by Crippen LogP contribution is -2.29. The van der Waals surface area contributed by atoms with Crippen molar-refractivity contribution < 1.29 is 9.53 Å². The van der Waals surface area contributed by atoms with Gasteiger partial charge in [-0.3, -0.25) is 9.69 Å². The lowest BCUT2D eigenvalue weighted by atomic mass is 10.1. The number of benzene rings is 1. The lowest BCUT2D eigenvalue weighted by molar-refractivity contribution is 0.00695. The molecular weight excluding hydrogens is 483 g/mol. The minimum absolute atomic E-state index is 0.130. The fraction of sp³-hybridized carbons (Fsp3) is 0.571. The molecule has 1 fully saturated rings. The van der Waals surface area contributed by atoms with Crippen LogP contribution < -0.4 is 5.56 Å². The Bertz CT molecular complexity index is 1020. The maximum atomic E-state index is 12.7. The zero-order valence-electron chi connectivity index (χ0n) is 22.0. The van der Waals surface area contributed by atoms with Gasteiger partial charge in [0.05, 0.1) is 16.3 Å². The molecule has 194 valence electrons. The van der Waals surface area contributed by atoms with Crippen LogP contribution in [0.2, 0.25) is 10.0 Å². The van der Waals surface area contributed by atoms with Crippen LogP contribution in [-0.2, 0) is 24.2 Å². The summed E-state index contributed by atoms with van der Waals surface area (Å²) in [6, 6.07) is 8.82. The van der Waals surface area contributed by atoms with Gasteiger partial charge in [-0.15, -0.1) is 0 Å². The van der Waals surface area contributed by atoms with Crippen LogP contribution >= 0.6 is 23.2 Å². The number of hydrogen-bond donors (Lipinski definition) is 0. The smallest absolute Gasteiger partial charge is 0.338 e. The number of carbonyl (C=O) groups is 1. The molecule has 2 heterocycles. The third kappa shape index (κ3) is 9.63. The van der Waals surface area contributed by atoms with Gasteiger partial charge in [0.25, 0.3) is 5.56 Å². The molecule has 0 aliphatic carbocycles. The number of esters is 1. The first kappa shape index (κ1) is 29.4. The van der Waals surface area contributed by atoms with E-state index in [1.165, 1.54) is 19.3 Å². The van der Waals surface area contributed by atoms with Crippen molar-refractivity contribution in [2.75, 3.05) is 13.1 Å². The van der Waals surface area contributed by atoms with E-state index in [1.807, 2.05) is 32.9 Å². The SMILES string of the molecule is CC(C)(C)OC(=O)c1ccc(CCn2c(CN3CCCC3)c(Cl)cc(Cl)c2=O)cc1.CCC(C)C. The standard InChI is InChI=1S/C23H28Cl2N2O3.C5H12/c1-23(2,3)30-22(29)17-8-6-16(7-9-17)10-13-27-20(15-26-11-4-5-12-26)18(24)14-19(25)21(27)28;1-4-5(2)3/h6-9,14H,4-5,10-13,15H2,1-3H3;5H,4H2,1-3H3. The minimum atomic E-state index is -0.533. The number of rotatable bonds is 7. The fourth-order valence-corrected chi connectivity index (χ4v) is 4.11. The maximum Gasteiger partial charge on any atom is 0.338 e. The predicted molar refractivity (Wildman–Crippen MR) is 146 cm³/mol. The molecule has 2 aromatic rings. The Kier molecular flexibility index (Phi) is 11.3. The quantitative estimate of drug-likeness (QED) is 0.367. The Labute approximate surface area is 220 Å². The molecule has 5 nitrogen and oxygen atoms in total. The van der Waals surface area contributed by atoms with Crippen LogP contribution in [0.15, 0.2) is 35.1 Å². The second-order valence-electron chi connectivity index (χ2n) is 10.5. The normalized spacial score (nSPS) is 14.1. The third-order valence-corrected chi connectivity index (χ3v) is 6.50. The lowest BCUT2D eigenvalue weighted by Gasteiger charge is -2.21. The minimum Gasteiger partial charge on any atom is -0.456 e. The predicted octanol–water partition coefficient (Wildman–Crippen LogP) is 7.00. The number of likely N-dealkylation sites (tertiary alicyclic amines) is 1. The van der Waals surface area contributed by atoms with Crippen LogP contribution in [-0.4, -0.2) is 34.1 Å². The van der Waals surface area contributed by atoms with E-state index in [9.17, 15) is 9.59 Å². The molecule has 3 rings (SSSR count). The summed E-state index contributed by atoms with van der Waals surface area (Å²) in [6.45, 7) is 15.3. The number of aromatic nitrogens is 1. The fourth-order valence-electron chi connectivity index (χ4n) is 3.57. The molecule has 35 heavy (non-hydrogen) atoms. The highest BCUT2D eigenvalue weighted by molar-refractivity contribution is 6.34. The topological polar surface area (TPSA) is 51.5 Å². The van der Waals surface area contributed by atoms with Gasteiger partial charge >= 0.3 is 5.97 Å². The van der Waals surface area contributed by atoms with Gasteiger partial charge in [-0.1, -0.05) is 62.5 Å². The van der Waals surface area contributed by atoms with E-state index in [0.29, 0.717) is 30.1 Å². The van der Waals surface area contributed by atoms with Gasteiger partial charge in [-0.05, 0) is 82.8 Å². The Hall–Kier alpha value is -1.82. The second kappa shape index (κ2) is 13.5. The van der Waals surface area contributed by atoms with E-state index in [4.69, 9.17) is 27.9 Å². The van der Waals surface area contributed by atoms with E-state index < -0.39 is 5.60 Å². The van der Waals surface area contributed by atoms with Gasteiger partial charge in [0, 0.05) is 13.1 Å². The first-order chi connectivity index (χ1) is 16.4. The molecule has 7 heteroatoms. The number of pyridine rings is 1. The molecule has 0 unspecified atom stereocenters. The summed E-state index contributed by atoms with van der Waals surface area (Å²) in [4.78, 5) is 27.2. The molecule has 1 aromatic carbocycles. The van der Waals surface area contributed by atoms with Crippen LogP contribution in [0.3, 0.4) is 0 Å². The average molecular weight is 524 g/mol. The number of ether oxygens (including phenoxy) is 1. The van der Waals surface area contributed by atoms with E-state index in [1.54, 1.807) is 22.8 Å². The van der Waals surface area contributed by atoms with Crippen molar-refractivity contribution >= 4 is 29.2 Å². The zero-order chi connectivity index (χ0) is 26.2. The average Bonchev–Trinajstić information content (AvgIpc) is 3.30. The van der Waals surface area contributed by atoms with Gasteiger partial charge in [0.2, 0.25) is 0 Å². The molecule has 0 bridgehead atoms. The molecule has 0 radical (unpaired) electrons. The van der Waals surface area contributed by atoms with Crippen molar-refractivity contribution in [3.63, 3.8) is 0 Å². The second-order valence-corrected chi connectivity index (χ2v) is 11.3. The highest BCUT2D eigenvalue weighted by Gasteiger charge is 2.19. The van der Waals surface area contributed by atoms with Crippen molar-refractivity contribution in [1.82, 2.24) is 9.47 Å². The molecule has 0 spiro atoms. The molecule has 0 saturated carbocycles. The number of hydrogen-bond acceptors (Lipinski definition) is 4. The van der Waals surface area contributed by atoms with Crippen molar-refractivity contribution in [3.8, 4) is 0 Å². The Balaban J connectivity index is 0.000000784. The van der Waals surface area contributed by atoms with E-state index in [2.05, 4.69) is 25.7 Å². The van der Waals surface area contributed by atoms with Crippen LogP contribution in [0.4, 0.5) is 0 Å². The highest BCUT2D eigenvalue weighted by Crippen LogP contribution is 2.22. The number of aryl methyl sites for hydroxylation is 1. The van der Waals surface area contributed by atoms with E-state index in [0.717, 1.165) is 30.3 Å². The van der Waals surface area contributed by atoms with Crippen molar-refractivity contribution in [2.24, 2.45) is 5.92 Å². The Morgan fingerprint density at radius 2 is 1.63 bits per heavy atom. The summed E-state index contributed by atoms with van der Waals surface area (Å²) in [5, 5.41) is 0.650. The third-order valence-electron chi connectivity index (χ3n) is 5.91. The van der Waals surface area contributed by atoms with Gasteiger partial charge in [-0.2, -0.15) is 0 Å². The van der Waals surface area contributed by atoms with Crippen LogP contribution in [0.1, 0.15) is 82.4 Å². The first-order valence-corrected chi connectivity index (χ1v) is 13.3. The van der Waals surface area contributed by atoms with Gasteiger partial charge in [0.1, 0.15) is 10.6 Å². The first-order valence-electron chi connectivity index (χ1n) is 12.5. The Morgan fingerprint density at radius 1 is 1.06 bits per heavy atom. The molecule has 1 aliphatic rings. The molecule has 1 aliphatic heterocycles. The van der Waals surface area contributed by atoms with E-state index >= 15 is 0 Å². The zero-order valence-corrected chi connectivity index (χ0v) is 23.5. The summed E-state index contributed by atoms with van der Waals surface area (Å²) in [7, 11) is 0. The molecule has 1 aromatic heterocycles. The van der Waals surface area contributed by atoms with Crippen LogP contribution in [0, 0.1) is 5.92 Å². The number of nitrogens with zero attached hydrogens (tertiary/aromatic N) is 2. The largest absolute Gasteiger partial charge is 0.456 e.